The molecule has 1 heterocycles. The minimum atomic E-state index is -0.295. The van der Waals surface area contributed by atoms with Gasteiger partial charge in [-0.25, -0.2) is 4.39 Å². The van der Waals surface area contributed by atoms with Gasteiger partial charge in [0.2, 0.25) is 0 Å². The van der Waals surface area contributed by atoms with E-state index >= 15 is 0 Å². The Labute approximate surface area is 124 Å². The predicted octanol–water partition coefficient (Wildman–Crippen LogP) is 4.26. The van der Waals surface area contributed by atoms with E-state index in [9.17, 15) is 4.39 Å². The van der Waals surface area contributed by atoms with E-state index in [4.69, 9.17) is 4.74 Å². The topological polar surface area (TPSA) is 21.3 Å². The minimum absolute atomic E-state index is 0.295. The Hall–Kier alpha value is -0.910. The largest absolute Gasteiger partial charge is 0.488 e. The lowest BCUT2D eigenvalue weighted by molar-refractivity contribution is 0.302. The lowest BCUT2D eigenvalue weighted by Gasteiger charge is -2.07. The molecule has 0 aliphatic heterocycles. The van der Waals surface area contributed by atoms with Crippen molar-refractivity contribution in [1.29, 1.82) is 0 Å². The van der Waals surface area contributed by atoms with Gasteiger partial charge in [0.1, 0.15) is 18.2 Å². The molecule has 1 aromatic carbocycles. The van der Waals surface area contributed by atoms with Crippen LogP contribution in [-0.4, -0.2) is 7.05 Å². The van der Waals surface area contributed by atoms with Crippen LogP contribution in [0, 0.1) is 12.7 Å². The lowest BCUT2D eigenvalue weighted by atomic mass is 10.2. The highest BCUT2D eigenvalue weighted by atomic mass is 79.9. The molecule has 2 rings (SSSR count). The average Bonchev–Trinajstić information content (AvgIpc) is 2.71. The monoisotopic (exact) mass is 343 g/mol. The number of nitrogens with one attached hydrogen (secondary N) is 1. The molecule has 0 amide bonds. The molecular formula is C14H15BrFNOS. The van der Waals surface area contributed by atoms with Crippen LogP contribution in [0.25, 0.3) is 0 Å². The Balaban J connectivity index is 2.07. The first-order chi connectivity index (χ1) is 9.10. The summed E-state index contributed by atoms with van der Waals surface area (Å²) in [5.41, 5.74) is 1.14. The van der Waals surface area contributed by atoms with Gasteiger partial charge in [-0.2, -0.15) is 0 Å². The zero-order chi connectivity index (χ0) is 13.8. The van der Waals surface area contributed by atoms with Crippen LogP contribution in [-0.2, 0) is 13.2 Å². The van der Waals surface area contributed by atoms with E-state index in [-0.39, 0.29) is 5.82 Å². The van der Waals surface area contributed by atoms with Crippen LogP contribution >= 0.6 is 27.3 Å². The van der Waals surface area contributed by atoms with E-state index in [0.29, 0.717) is 12.4 Å². The van der Waals surface area contributed by atoms with Crippen LogP contribution in [0.3, 0.4) is 0 Å². The molecule has 5 heteroatoms. The summed E-state index contributed by atoms with van der Waals surface area (Å²) in [4.78, 5) is 2.51. The first-order valence-electron chi connectivity index (χ1n) is 5.91. The van der Waals surface area contributed by atoms with Crippen molar-refractivity contribution in [3.8, 4) is 5.75 Å². The SMILES string of the molecule is CNCc1cc(COc2cc(F)ccc2Br)c(C)s1. The van der Waals surface area contributed by atoms with Crippen LogP contribution in [0.2, 0.25) is 0 Å². The molecule has 0 radical (unpaired) electrons. The van der Waals surface area contributed by atoms with Gasteiger partial charge in [0.25, 0.3) is 0 Å². The predicted molar refractivity (Wildman–Crippen MR) is 80.3 cm³/mol. The van der Waals surface area contributed by atoms with E-state index in [1.807, 2.05) is 7.05 Å². The maximum absolute atomic E-state index is 13.1. The second-order valence-corrected chi connectivity index (χ2v) is 6.38. The zero-order valence-electron chi connectivity index (χ0n) is 10.8. The van der Waals surface area contributed by atoms with Crippen molar-refractivity contribution in [3.63, 3.8) is 0 Å². The van der Waals surface area contributed by atoms with E-state index in [1.165, 1.54) is 21.9 Å². The molecule has 102 valence electrons. The number of thiophene rings is 1. The highest BCUT2D eigenvalue weighted by Crippen LogP contribution is 2.28. The molecule has 0 atom stereocenters. The highest BCUT2D eigenvalue weighted by Gasteiger charge is 2.08. The maximum atomic E-state index is 13.1. The summed E-state index contributed by atoms with van der Waals surface area (Å²) in [5.74, 6) is 0.233. The fourth-order valence-electron chi connectivity index (χ4n) is 1.74. The van der Waals surface area contributed by atoms with Crippen molar-refractivity contribution in [2.24, 2.45) is 0 Å². The second-order valence-electron chi connectivity index (χ2n) is 4.19. The number of ether oxygens (including phenoxy) is 1. The highest BCUT2D eigenvalue weighted by molar-refractivity contribution is 9.10. The van der Waals surface area contributed by atoms with Gasteiger partial charge in [-0.1, -0.05) is 0 Å². The van der Waals surface area contributed by atoms with Gasteiger partial charge in [-0.3, -0.25) is 0 Å². The third kappa shape index (κ3) is 3.78. The van der Waals surface area contributed by atoms with Crippen LogP contribution < -0.4 is 10.1 Å². The van der Waals surface area contributed by atoms with Gasteiger partial charge < -0.3 is 10.1 Å². The molecule has 0 saturated heterocycles. The molecule has 1 N–H and O–H groups in total. The quantitative estimate of drug-likeness (QED) is 0.875. The van der Waals surface area contributed by atoms with Gasteiger partial charge in [-0.15, -0.1) is 11.3 Å². The van der Waals surface area contributed by atoms with Crippen LogP contribution in [0.15, 0.2) is 28.7 Å². The summed E-state index contributed by atoms with van der Waals surface area (Å²) in [5, 5.41) is 3.13. The third-order valence-corrected chi connectivity index (χ3v) is 4.45. The van der Waals surface area contributed by atoms with Gasteiger partial charge >= 0.3 is 0 Å². The van der Waals surface area contributed by atoms with Crippen molar-refractivity contribution in [2.45, 2.75) is 20.1 Å². The number of benzene rings is 1. The second kappa shape index (κ2) is 6.50. The number of aryl methyl sites for hydroxylation is 1. The summed E-state index contributed by atoms with van der Waals surface area (Å²) >= 11 is 5.11. The normalized spacial score (nSPS) is 10.7. The van der Waals surface area contributed by atoms with E-state index in [1.54, 1.807) is 17.4 Å². The van der Waals surface area contributed by atoms with Gasteiger partial charge in [0.15, 0.2) is 0 Å². The average molecular weight is 344 g/mol. The van der Waals surface area contributed by atoms with Gasteiger partial charge in [0.05, 0.1) is 4.47 Å². The smallest absolute Gasteiger partial charge is 0.136 e. The van der Waals surface area contributed by atoms with Crippen molar-refractivity contribution in [3.05, 3.63) is 49.9 Å². The summed E-state index contributed by atoms with van der Waals surface area (Å²) in [6.07, 6.45) is 0. The number of halogens is 2. The Morgan fingerprint density at radius 2 is 2.16 bits per heavy atom. The number of hydrogen-bond donors (Lipinski definition) is 1. The van der Waals surface area contributed by atoms with Crippen LogP contribution in [0.1, 0.15) is 15.3 Å². The molecule has 0 unspecified atom stereocenters. The van der Waals surface area contributed by atoms with Gasteiger partial charge in [0, 0.05) is 27.9 Å². The van der Waals surface area contributed by atoms with Crippen molar-refractivity contribution < 1.29 is 9.13 Å². The Morgan fingerprint density at radius 1 is 1.37 bits per heavy atom. The summed E-state index contributed by atoms with van der Waals surface area (Å²) in [6.45, 7) is 3.38. The zero-order valence-corrected chi connectivity index (χ0v) is 13.2. The third-order valence-electron chi connectivity index (χ3n) is 2.70. The van der Waals surface area contributed by atoms with Crippen molar-refractivity contribution in [2.75, 3.05) is 7.05 Å². The first-order valence-corrected chi connectivity index (χ1v) is 7.51. The van der Waals surface area contributed by atoms with Crippen LogP contribution in [0.4, 0.5) is 4.39 Å². The lowest BCUT2D eigenvalue weighted by Crippen LogP contribution is -2.02. The van der Waals surface area contributed by atoms with E-state index in [2.05, 4.69) is 34.2 Å². The van der Waals surface area contributed by atoms with Crippen molar-refractivity contribution in [1.82, 2.24) is 5.32 Å². The molecular weight excluding hydrogens is 329 g/mol. The summed E-state index contributed by atoms with van der Waals surface area (Å²) < 4.78 is 19.6. The molecule has 0 saturated carbocycles. The molecule has 0 bridgehead atoms. The van der Waals surface area contributed by atoms with E-state index in [0.717, 1.165) is 16.6 Å². The fraction of sp³-hybridized carbons (Fsp3) is 0.286. The first kappa shape index (κ1) is 14.5. The molecule has 0 fully saturated rings. The number of rotatable bonds is 5. The molecule has 1 aromatic heterocycles. The Kier molecular flexibility index (Phi) is 4.96. The van der Waals surface area contributed by atoms with Crippen LogP contribution in [0.5, 0.6) is 5.75 Å². The molecule has 0 aliphatic carbocycles. The Morgan fingerprint density at radius 3 is 2.89 bits per heavy atom. The number of hydrogen-bond acceptors (Lipinski definition) is 3. The van der Waals surface area contributed by atoms with E-state index < -0.39 is 0 Å². The van der Waals surface area contributed by atoms with Gasteiger partial charge in [-0.05, 0) is 48.1 Å². The molecule has 0 spiro atoms. The minimum Gasteiger partial charge on any atom is -0.488 e. The fourth-order valence-corrected chi connectivity index (χ4v) is 3.16. The van der Waals surface area contributed by atoms with Crippen molar-refractivity contribution >= 4 is 27.3 Å². The molecule has 0 aliphatic rings. The summed E-state index contributed by atoms with van der Waals surface area (Å²) in [7, 11) is 1.93. The Bertz CT molecular complexity index is 571. The molecule has 19 heavy (non-hydrogen) atoms. The standard InChI is InChI=1S/C14H15BrFNOS/c1-9-10(5-12(19-9)7-17-2)8-18-14-6-11(16)3-4-13(14)15/h3-6,17H,7-8H2,1-2H3. The molecule has 2 aromatic rings. The summed E-state index contributed by atoms with van der Waals surface area (Å²) in [6, 6.07) is 6.57. The maximum Gasteiger partial charge on any atom is 0.136 e. The molecule has 2 nitrogen and oxygen atoms in total.